The Kier molecular flexibility index (Phi) is 10.2. The predicted octanol–water partition coefficient (Wildman–Crippen LogP) is 6.63. The number of benzene rings is 3. The first-order valence-corrected chi connectivity index (χ1v) is 15.9. The van der Waals surface area contributed by atoms with E-state index < -0.39 is 28.5 Å². The third-order valence-electron chi connectivity index (χ3n) is 7.26. The molecule has 3 aromatic rings. The molecule has 1 saturated carbocycles. The van der Waals surface area contributed by atoms with Crippen LogP contribution >= 0.6 is 34.8 Å². The Morgan fingerprint density at radius 2 is 1.51 bits per heavy atom. The van der Waals surface area contributed by atoms with Crippen molar-refractivity contribution in [3.63, 3.8) is 0 Å². The number of anilines is 1. The van der Waals surface area contributed by atoms with Gasteiger partial charge < -0.3 is 10.2 Å². The van der Waals surface area contributed by atoms with Crippen LogP contribution in [-0.2, 0) is 26.2 Å². The molecule has 0 spiro atoms. The zero-order chi connectivity index (χ0) is 29.7. The van der Waals surface area contributed by atoms with Crippen molar-refractivity contribution in [2.45, 2.75) is 63.1 Å². The van der Waals surface area contributed by atoms with E-state index in [0.717, 1.165) is 35.6 Å². The summed E-state index contributed by atoms with van der Waals surface area (Å²) in [5.74, 6) is -0.913. The first kappa shape index (κ1) is 31.2. The molecular weight excluding hydrogens is 605 g/mol. The van der Waals surface area contributed by atoms with Crippen LogP contribution in [0.5, 0.6) is 0 Å². The van der Waals surface area contributed by atoms with Crippen LogP contribution in [0.2, 0.25) is 15.1 Å². The van der Waals surface area contributed by atoms with Crippen molar-refractivity contribution in [2.75, 3.05) is 10.8 Å². The van der Waals surface area contributed by atoms with E-state index in [-0.39, 0.29) is 23.4 Å². The largest absolute Gasteiger partial charge is 0.352 e. The Morgan fingerprint density at radius 1 is 0.927 bits per heavy atom. The number of nitrogens with one attached hydrogen (secondary N) is 1. The highest BCUT2D eigenvalue weighted by Crippen LogP contribution is 2.29. The molecule has 2 amide bonds. The first-order chi connectivity index (χ1) is 19.5. The highest BCUT2D eigenvalue weighted by Gasteiger charge is 2.34. The van der Waals surface area contributed by atoms with Gasteiger partial charge in [-0.25, -0.2) is 8.42 Å². The van der Waals surface area contributed by atoms with E-state index in [9.17, 15) is 18.0 Å². The second-order valence-electron chi connectivity index (χ2n) is 10.2. The van der Waals surface area contributed by atoms with Gasteiger partial charge in [0, 0.05) is 33.2 Å². The lowest BCUT2D eigenvalue weighted by atomic mass is 10.1. The molecule has 1 atom stereocenters. The second kappa shape index (κ2) is 13.5. The Labute approximate surface area is 256 Å². The van der Waals surface area contributed by atoms with Crippen molar-refractivity contribution < 1.29 is 18.0 Å². The molecule has 0 radical (unpaired) electrons. The number of halogens is 3. The van der Waals surface area contributed by atoms with Crippen molar-refractivity contribution in [3.05, 3.63) is 92.9 Å². The summed E-state index contributed by atoms with van der Waals surface area (Å²) >= 11 is 18.9. The molecule has 0 saturated heterocycles. The zero-order valence-corrected chi connectivity index (χ0v) is 25.9. The summed E-state index contributed by atoms with van der Waals surface area (Å²) in [6, 6.07) is 16.7. The molecule has 3 aromatic carbocycles. The van der Waals surface area contributed by atoms with E-state index in [2.05, 4.69) is 5.32 Å². The molecule has 4 rings (SSSR count). The van der Waals surface area contributed by atoms with E-state index in [0.29, 0.717) is 26.3 Å². The molecule has 0 unspecified atom stereocenters. The van der Waals surface area contributed by atoms with E-state index in [4.69, 9.17) is 34.8 Å². The van der Waals surface area contributed by atoms with Gasteiger partial charge in [0.1, 0.15) is 12.6 Å². The Morgan fingerprint density at radius 3 is 2.10 bits per heavy atom. The lowest BCUT2D eigenvalue weighted by Gasteiger charge is -2.33. The minimum atomic E-state index is -4.19. The smallest absolute Gasteiger partial charge is 0.264 e. The molecule has 0 bridgehead atoms. The van der Waals surface area contributed by atoms with E-state index in [1.54, 1.807) is 49.4 Å². The predicted molar refractivity (Wildman–Crippen MR) is 164 cm³/mol. The van der Waals surface area contributed by atoms with Gasteiger partial charge in [-0.3, -0.25) is 13.9 Å². The molecule has 0 heterocycles. The van der Waals surface area contributed by atoms with Gasteiger partial charge in [-0.05, 0) is 75.2 Å². The van der Waals surface area contributed by atoms with Crippen LogP contribution in [-0.4, -0.2) is 43.8 Å². The van der Waals surface area contributed by atoms with E-state index in [1.165, 1.54) is 29.2 Å². The summed E-state index contributed by atoms with van der Waals surface area (Å²) in [6.45, 7) is 2.86. The molecule has 0 aliphatic heterocycles. The standard InChI is InChI=1S/C30H32Cl3N3O4S/c1-20-10-14-24(15-11-20)36(41(39,40)25-16-12-22(31)13-17-25)19-29(37)35(18-26-27(32)8-5-9-28(26)33)21(2)30(38)34-23-6-3-4-7-23/h5,8-17,21,23H,3-4,6-7,18-19H2,1-2H3,(H,34,38)/t21-/m0/s1. The minimum Gasteiger partial charge on any atom is -0.352 e. The van der Waals surface area contributed by atoms with Crippen LogP contribution in [0.25, 0.3) is 0 Å². The van der Waals surface area contributed by atoms with Crippen LogP contribution in [0.4, 0.5) is 5.69 Å². The highest BCUT2D eigenvalue weighted by atomic mass is 35.5. The lowest BCUT2D eigenvalue weighted by molar-refractivity contribution is -0.139. The number of aryl methyl sites for hydroxylation is 1. The van der Waals surface area contributed by atoms with Crippen molar-refractivity contribution in [1.82, 2.24) is 10.2 Å². The third kappa shape index (κ3) is 7.55. The molecule has 7 nitrogen and oxygen atoms in total. The summed E-state index contributed by atoms with van der Waals surface area (Å²) < 4.78 is 28.8. The summed E-state index contributed by atoms with van der Waals surface area (Å²) in [6.07, 6.45) is 3.82. The number of rotatable bonds is 10. The number of sulfonamides is 1. The lowest BCUT2D eigenvalue weighted by Crippen LogP contribution is -2.52. The molecular formula is C30H32Cl3N3O4S. The normalized spacial score (nSPS) is 14.5. The maximum Gasteiger partial charge on any atom is 0.264 e. The monoisotopic (exact) mass is 635 g/mol. The number of amides is 2. The fourth-order valence-electron chi connectivity index (χ4n) is 4.80. The average molecular weight is 637 g/mol. The van der Waals surface area contributed by atoms with Crippen molar-refractivity contribution >= 4 is 62.3 Å². The van der Waals surface area contributed by atoms with Gasteiger partial charge in [-0.1, -0.05) is 71.4 Å². The van der Waals surface area contributed by atoms with E-state index in [1.807, 2.05) is 6.92 Å². The highest BCUT2D eigenvalue weighted by molar-refractivity contribution is 7.92. The number of hydrogen-bond donors (Lipinski definition) is 1. The summed E-state index contributed by atoms with van der Waals surface area (Å²) in [7, 11) is -4.19. The zero-order valence-electron chi connectivity index (χ0n) is 22.8. The average Bonchev–Trinajstić information content (AvgIpc) is 3.45. The number of hydrogen-bond acceptors (Lipinski definition) is 4. The molecule has 1 aliphatic rings. The topological polar surface area (TPSA) is 86.8 Å². The van der Waals surface area contributed by atoms with Gasteiger partial charge >= 0.3 is 0 Å². The number of carbonyl (C=O) groups excluding carboxylic acids is 2. The maximum absolute atomic E-state index is 14.1. The molecule has 11 heteroatoms. The Bertz CT molecular complexity index is 1470. The van der Waals surface area contributed by atoms with Crippen LogP contribution in [0.1, 0.15) is 43.7 Å². The number of nitrogens with zero attached hydrogens (tertiary/aromatic N) is 2. The number of carbonyl (C=O) groups is 2. The summed E-state index contributed by atoms with van der Waals surface area (Å²) in [5, 5.41) is 4.09. The summed E-state index contributed by atoms with van der Waals surface area (Å²) in [4.78, 5) is 28.7. The molecule has 1 aliphatic carbocycles. The van der Waals surface area contributed by atoms with Gasteiger partial charge in [0.25, 0.3) is 10.0 Å². The maximum atomic E-state index is 14.1. The van der Waals surface area contributed by atoms with Gasteiger partial charge in [-0.15, -0.1) is 0 Å². The van der Waals surface area contributed by atoms with Crippen molar-refractivity contribution in [2.24, 2.45) is 0 Å². The first-order valence-electron chi connectivity index (χ1n) is 13.3. The van der Waals surface area contributed by atoms with Gasteiger partial charge in [0.05, 0.1) is 10.6 Å². The summed E-state index contributed by atoms with van der Waals surface area (Å²) in [5.41, 5.74) is 1.70. The van der Waals surface area contributed by atoms with Crippen LogP contribution in [0.15, 0.2) is 71.6 Å². The van der Waals surface area contributed by atoms with Gasteiger partial charge in [0.2, 0.25) is 11.8 Å². The van der Waals surface area contributed by atoms with Crippen molar-refractivity contribution in [1.29, 1.82) is 0 Å². The van der Waals surface area contributed by atoms with Crippen LogP contribution in [0, 0.1) is 6.92 Å². The van der Waals surface area contributed by atoms with Crippen LogP contribution in [0.3, 0.4) is 0 Å². The van der Waals surface area contributed by atoms with Gasteiger partial charge in [0.15, 0.2) is 0 Å². The fraction of sp³-hybridized carbons (Fsp3) is 0.333. The quantitative estimate of drug-likeness (QED) is 0.271. The Hall–Kier alpha value is -2.78. The minimum absolute atomic E-state index is 0.0250. The SMILES string of the molecule is Cc1ccc(N(CC(=O)N(Cc2c(Cl)cccc2Cl)[C@@H](C)C(=O)NC2CCCC2)S(=O)(=O)c2ccc(Cl)cc2)cc1. The van der Waals surface area contributed by atoms with Crippen LogP contribution < -0.4 is 9.62 Å². The van der Waals surface area contributed by atoms with Gasteiger partial charge in [-0.2, -0.15) is 0 Å². The molecule has 1 N–H and O–H groups in total. The molecule has 0 aromatic heterocycles. The molecule has 41 heavy (non-hydrogen) atoms. The molecule has 1 fully saturated rings. The molecule has 218 valence electrons. The van der Waals surface area contributed by atoms with Crippen molar-refractivity contribution in [3.8, 4) is 0 Å². The second-order valence-corrected chi connectivity index (χ2v) is 13.3. The van der Waals surface area contributed by atoms with E-state index >= 15 is 0 Å². The fourth-order valence-corrected chi connectivity index (χ4v) is 6.86. The third-order valence-corrected chi connectivity index (χ3v) is 10.0. The Balaban J connectivity index is 1.71.